The number of rotatable bonds is 2. The van der Waals surface area contributed by atoms with E-state index < -0.39 is 23.6 Å². The molecule has 1 aromatic rings. The van der Waals surface area contributed by atoms with E-state index in [9.17, 15) is 22.8 Å². The number of hydrogen-bond donors (Lipinski definition) is 1. The van der Waals surface area contributed by atoms with Gasteiger partial charge in [0.1, 0.15) is 11.3 Å². The SMILES string of the molecule is Cc1cc(C(F)(F)F)nc(C)c1C(=O)N1CC[C@H](NC(=O)OC(C)(C)C)C1. The third-order valence-corrected chi connectivity index (χ3v) is 4.10. The van der Waals surface area contributed by atoms with Crippen molar-refractivity contribution < 1.29 is 27.5 Å². The average molecular weight is 387 g/mol. The van der Waals surface area contributed by atoms with E-state index in [4.69, 9.17) is 4.74 Å². The lowest BCUT2D eigenvalue weighted by Crippen LogP contribution is -2.41. The second-order valence-electron chi connectivity index (χ2n) is 7.67. The molecule has 0 unspecified atom stereocenters. The molecule has 2 rings (SSSR count). The number of hydrogen-bond acceptors (Lipinski definition) is 4. The van der Waals surface area contributed by atoms with Gasteiger partial charge in [0.15, 0.2) is 0 Å². The molecule has 1 aromatic heterocycles. The van der Waals surface area contributed by atoms with Gasteiger partial charge in [0, 0.05) is 13.1 Å². The predicted molar refractivity (Wildman–Crippen MR) is 92.4 cm³/mol. The number of carbonyl (C=O) groups excluding carboxylic acids is 2. The normalized spacial score (nSPS) is 17.8. The van der Waals surface area contributed by atoms with Gasteiger partial charge in [-0.25, -0.2) is 9.78 Å². The Balaban J connectivity index is 2.08. The molecule has 0 spiro atoms. The average Bonchev–Trinajstić information content (AvgIpc) is 2.91. The Kier molecular flexibility index (Phi) is 5.72. The Bertz CT molecular complexity index is 719. The maximum atomic E-state index is 12.9. The van der Waals surface area contributed by atoms with Crippen molar-refractivity contribution in [2.24, 2.45) is 0 Å². The highest BCUT2D eigenvalue weighted by Gasteiger charge is 2.35. The van der Waals surface area contributed by atoms with Crippen LogP contribution in [0.4, 0.5) is 18.0 Å². The van der Waals surface area contributed by atoms with Crippen LogP contribution in [0, 0.1) is 13.8 Å². The maximum Gasteiger partial charge on any atom is 0.433 e. The molecule has 27 heavy (non-hydrogen) atoms. The standard InChI is InChI=1S/C18H24F3N3O3/c1-10-8-13(18(19,20)21)22-11(2)14(10)15(25)24-7-6-12(9-24)23-16(26)27-17(3,4)5/h8,12H,6-7,9H2,1-5H3,(H,23,26)/t12-/m0/s1. The summed E-state index contributed by atoms with van der Waals surface area (Å²) in [7, 11) is 0. The minimum Gasteiger partial charge on any atom is -0.444 e. The predicted octanol–water partition coefficient (Wildman–Crippen LogP) is 3.46. The van der Waals surface area contributed by atoms with Gasteiger partial charge in [0.05, 0.1) is 17.3 Å². The first kappa shape index (κ1) is 21.0. The molecule has 0 aromatic carbocycles. The second-order valence-corrected chi connectivity index (χ2v) is 7.67. The molecule has 2 amide bonds. The molecule has 0 aliphatic carbocycles. The van der Waals surface area contributed by atoms with Gasteiger partial charge >= 0.3 is 12.3 Å². The van der Waals surface area contributed by atoms with Crippen molar-refractivity contribution in [3.8, 4) is 0 Å². The molecule has 0 radical (unpaired) electrons. The molecule has 1 N–H and O–H groups in total. The molecule has 0 saturated carbocycles. The highest BCUT2D eigenvalue weighted by molar-refractivity contribution is 5.97. The van der Waals surface area contributed by atoms with Gasteiger partial charge in [0.2, 0.25) is 0 Å². The van der Waals surface area contributed by atoms with Gasteiger partial charge < -0.3 is 15.0 Å². The van der Waals surface area contributed by atoms with E-state index in [0.717, 1.165) is 6.07 Å². The number of alkyl halides is 3. The van der Waals surface area contributed by atoms with Crippen LogP contribution in [0.2, 0.25) is 0 Å². The maximum absolute atomic E-state index is 12.9. The summed E-state index contributed by atoms with van der Waals surface area (Å²) in [6.45, 7) is 8.75. The zero-order chi connectivity index (χ0) is 20.6. The number of aromatic nitrogens is 1. The summed E-state index contributed by atoms with van der Waals surface area (Å²) in [5.74, 6) is -0.389. The summed E-state index contributed by atoms with van der Waals surface area (Å²) in [6, 6.07) is 0.610. The summed E-state index contributed by atoms with van der Waals surface area (Å²) >= 11 is 0. The number of nitrogens with zero attached hydrogens (tertiary/aromatic N) is 2. The van der Waals surface area contributed by atoms with Gasteiger partial charge in [-0.1, -0.05) is 0 Å². The number of carbonyl (C=O) groups is 2. The number of pyridine rings is 1. The van der Waals surface area contributed by atoms with Crippen molar-refractivity contribution in [3.63, 3.8) is 0 Å². The van der Waals surface area contributed by atoms with Gasteiger partial charge in [0.25, 0.3) is 5.91 Å². The summed E-state index contributed by atoms with van der Waals surface area (Å²) in [4.78, 5) is 29.7. The topological polar surface area (TPSA) is 71.5 Å². The Morgan fingerprint density at radius 1 is 1.26 bits per heavy atom. The van der Waals surface area contributed by atoms with Crippen molar-refractivity contribution in [1.82, 2.24) is 15.2 Å². The van der Waals surface area contributed by atoms with Crippen molar-refractivity contribution in [2.45, 2.75) is 58.9 Å². The Labute approximate surface area is 156 Å². The number of aryl methyl sites for hydroxylation is 2. The van der Waals surface area contributed by atoms with Crippen molar-refractivity contribution in [1.29, 1.82) is 0 Å². The lowest BCUT2D eigenvalue weighted by atomic mass is 10.1. The molecule has 1 saturated heterocycles. The monoisotopic (exact) mass is 387 g/mol. The molecule has 1 aliphatic heterocycles. The third kappa shape index (κ3) is 5.33. The second kappa shape index (κ2) is 7.36. The minimum absolute atomic E-state index is 0.0378. The molecule has 2 heterocycles. The highest BCUT2D eigenvalue weighted by atomic mass is 19.4. The lowest BCUT2D eigenvalue weighted by Gasteiger charge is -2.22. The van der Waals surface area contributed by atoms with Crippen molar-refractivity contribution >= 4 is 12.0 Å². The van der Waals surface area contributed by atoms with Gasteiger partial charge in [-0.15, -0.1) is 0 Å². The largest absolute Gasteiger partial charge is 0.444 e. The summed E-state index contributed by atoms with van der Waals surface area (Å²) in [5.41, 5.74) is -1.21. The molecule has 0 bridgehead atoms. The Hall–Kier alpha value is -2.32. The van der Waals surface area contributed by atoms with Gasteiger partial charge in [-0.05, 0) is 52.7 Å². The van der Waals surface area contributed by atoms with Crippen LogP contribution in [0.15, 0.2) is 6.07 Å². The first-order valence-electron chi connectivity index (χ1n) is 8.62. The highest BCUT2D eigenvalue weighted by Crippen LogP contribution is 2.30. The van der Waals surface area contributed by atoms with Gasteiger partial charge in [-0.2, -0.15) is 13.2 Å². The smallest absolute Gasteiger partial charge is 0.433 e. The lowest BCUT2D eigenvalue weighted by molar-refractivity contribution is -0.141. The number of halogens is 3. The first-order valence-corrected chi connectivity index (χ1v) is 8.62. The number of likely N-dealkylation sites (tertiary alicyclic amines) is 1. The van der Waals surface area contributed by atoms with Crippen LogP contribution in [0.5, 0.6) is 0 Å². The Morgan fingerprint density at radius 2 is 1.89 bits per heavy atom. The van der Waals surface area contributed by atoms with E-state index in [1.54, 1.807) is 20.8 Å². The molecule has 9 heteroatoms. The number of alkyl carbamates (subject to hydrolysis) is 1. The van der Waals surface area contributed by atoms with Crippen molar-refractivity contribution in [2.75, 3.05) is 13.1 Å². The van der Waals surface area contributed by atoms with E-state index in [0.29, 0.717) is 13.0 Å². The van der Waals surface area contributed by atoms with Crippen LogP contribution < -0.4 is 5.32 Å². The zero-order valence-corrected chi connectivity index (χ0v) is 16.0. The molecule has 1 atom stereocenters. The van der Waals surface area contributed by atoms with Crippen LogP contribution >= 0.6 is 0 Å². The third-order valence-electron chi connectivity index (χ3n) is 4.10. The van der Waals surface area contributed by atoms with E-state index >= 15 is 0 Å². The minimum atomic E-state index is -4.56. The fraction of sp³-hybridized carbons (Fsp3) is 0.611. The van der Waals surface area contributed by atoms with Crippen LogP contribution in [0.1, 0.15) is 54.5 Å². The van der Waals surface area contributed by atoms with Crippen molar-refractivity contribution in [3.05, 3.63) is 28.6 Å². The number of nitrogens with one attached hydrogen (secondary N) is 1. The van der Waals surface area contributed by atoms with E-state index in [2.05, 4.69) is 10.3 Å². The van der Waals surface area contributed by atoms with E-state index in [1.807, 2.05) is 0 Å². The van der Waals surface area contributed by atoms with Gasteiger partial charge in [-0.3, -0.25) is 4.79 Å². The summed E-state index contributed by atoms with van der Waals surface area (Å²) in [5, 5.41) is 2.71. The fourth-order valence-corrected chi connectivity index (χ4v) is 2.99. The molecule has 1 aliphatic rings. The number of amides is 2. The van der Waals surface area contributed by atoms with Crippen LogP contribution in [0.3, 0.4) is 0 Å². The molecular weight excluding hydrogens is 363 g/mol. The van der Waals surface area contributed by atoms with E-state index in [-0.39, 0.29) is 35.3 Å². The summed E-state index contributed by atoms with van der Waals surface area (Å²) < 4.78 is 43.8. The molecule has 1 fully saturated rings. The first-order chi connectivity index (χ1) is 12.3. The fourth-order valence-electron chi connectivity index (χ4n) is 2.99. The summed E-state index contributed by atoms with van der Waals surface area (Å²) in [6.07, 6.45) is -4.59. The zero-order valence-electron chi connectivity index (χ0n) is 16.0. The Morgan fingerprint density at radius 3 is 2.41 bits per heavy atom. The molecule has 6 nitrogen and oxygen atoms in total. The van der Waals surface area contributed by atoms with Crippen LogP contribution in [-0.4, -0.2) is 46.6 Å². The number of ether oxygens (including phenoxy) is 1. The van der Waals surface area contributed by atoms with Crippen LogP contribution in [-0.2, 0) is 10.9 Å². The molecular formula is C18H24F3N3O3. The molecule has 150 valence electrons. The van der Waals surface area contributed by atoms with E-state index in [1.165, 1.54) is 18.7 Å². The quantitative estimate of drug-likeness (QED) is 0.844. The van der Waals surface area contributed by atoms with Crippen LogP contribution in [0.25, 0.3) is 0 Å².